The first-order valence-corrected chi connectivity index (χ1v) is 7.47. The molecular weight excluding hydrogens is 341 g/mol. The number of aromatic nitrogens is 4. The lowest BCUT2D eigenvalue weighted by molar-refractivity contribution is 0.102. The smallest absolute Gasteiger partial charge is 0.283 e. The number of halogens is 1. The van der Waals surface area contributed by atoms with Crippen molar-refractivity contribution in [2.24, 2.45) is 0 Å². The van der Waals surface area contributed by atoms with Gasteiger partial charge in [0, 0.05) is 6.20 Å². The van der Waals surface area contributed by atoms with Gasteiger partial charge >= 0.3 is 0 Å². The molecule has 0 saturated carbocycles. The van der Waals surface area contributed by atoms with Gasteiger partial charge in [-0.15, -0.1) is 10.2 Å². The average Bonchev–Trinajstić information content (AvgIpc) is 3.34. The second-order valence-corrected chi connectivity index (χ2v) is 5.09. The number of benzene rings is 1. The number of carbonyl (C=O) groups excluding carboxylic acids is 1. The van der Waals surface area contributed by atoms with Crippen molar-refractivity contribution in [1.82, 2.24) is 20.2 Å². The van der Waals surface area contributed by atoms with Crippen molar-refractivity contribution in [1.29, 1.82) is 0 Å². The highest BCUT2D eigenvalue weighted by Crippen LogP contribution is 2.23. The molecule has 0 saturated heterocycles. The van der Waals surface area contributed by atoms with E-state index in [-0.39, 0.29) is 23.3 Å². The van der Waals surface area contributed by atoms with E-state index in [1.807, 2.05) is 0 Å². The Morgan fingerprint density at radius 1 is 1.04 bits per heavy atom. The van der Waals surface area contributed by atoms with Gasteiger partial charge in [0.15, 0.2) is 5.76 Å². The lowest BCUT2D eigenvalue weighted by atomic mass is 10.2. The summed E-state index contributed by atoms with van der Waals surface area (Å²) in [5.41, 5.74) is 0.188. The zero-order chi connectivity index (χ0) is 17.9. The second kappa shape index (κ2) is 6.55. The number of furan rings is 1. The van der Waals surface area contributed by atoms with E-state index >= 15 is 0 Å². The first kappa shape index (κ1) is 15.6. The van der Waals surface area contributed by atoms with Crippen LogP contribution in [0.5, 0.6) is 0 Å². The highest BCUT2D eigenvalue weighted by molar-refractivity contribution is 6.03. The van der Waals surface area contributed by atoms with Gasteiger partial charge < -0.3 is 8.83 Å². The molecule has 4 rings (SSSR count). The van der Waals surface area contributed by atoms with Gasteiger partial charge in [-0.1, -0.05) is 12.1 Å². The fourth-order valence-corrected chi connectivity index (χ4v) is 2.18. The second-order valence-electron chi connectivity index (χ2n) is 5.09. The van der Waals surface area contributed by atoms with Crippen LogP contribution in [-0.2, 0) is 0 Å². The Bertz CT molecular complexity index is 1060. The van der Waals surface area contributed by atoms with E-state index < -0.39 is 11.7 Å². The molecule has 0 aliphatic rings. The molecular formula is C17H10FN5O3. The Hall–Kier alpha value is -3.88. The van der Waals surface area contributed by atoms with Crippen LogP contribution in [0.1, 0.15) is 10.4 Å². The minimum atomic E-state index is -0.665. The van der Waals surface area contributed by atoms with Crippen molar-refractivity contribution in [2.75, 3.05) is 5.32 Å². The van der Waals surface area contributed by atoms with Crippen LogP contribution in [0.15, 0.2) is 63.8 Å². The maximum atomic E-state index is 13.7. The standard InChI is InChI=1S/C17H10FN5O3/c18-11-5-2-1-4-10(11)14(24)21-17-19-8-7-12(20-17)15-22-23-16(26-15)13-6-3-9-25-13/h1-9H,(H,19,20,21,24). The molecule has 26 heavy (non-hydrogen) atoms. The van der Waals surface area contributed by atoms with Gasteiger partial charge in [0.05, 0.1) is 11.8 Å². The summed E-state index contributed by atoms with van der Waals surface area (Å²) < 4.78 is 24.4. The zero-order valence-electron chi connectivity index (χ0n) is 13.1. The molecule has 1 amide bonds. The van der Waals surface area contributed by atoms with E-state index in [1.54, 1.807) is 18.2 Å². The summed E-state index contributed by atoms with van der Waals surface area (Å²) in [6.07, 6.45) is 2.90. The third kappa shape index (κ3) is 3.05. The summed E-state index contributed by atoms with van der Waals surface area (Å²) in [5.74, 6) is -0.580. The van der Waals surface area contributed by atoms with E-state index in [0.717, 1.165) is 0 Å². The first-order chi connectivity index (χ1) is 12.7. The largest absolute Gasteiger partial charge is 0.459 e. The van der Waals surface area contributed by atoms with Crippen molar-refractivity contribution < 1.29 is 18.0 Å². The Labute approximate surface area is 145 Å². The summed E-state index contributed by atoms with van der Waals surface area (Å²) in [6, 6.07) is 10.5. The Kier molecular flexibility index (Phi) is 3.94. The molecule has 0 atom stereocenters. The van der Waals surface area contributed by atoms with Crippen LogP contribution < -0.4 is 5.32 Å². The third-order valence-electron chi connectivity index (χ3n) is 3.38. The molecule has 0 spiro atoms. The lowest BCUT2D eigenvalue weighted by Gasteiger charge is -2.05. The Balaban J connectivity index is 1.57. The number of rotatable bonds is 4. The topological polar surface area (TPSA) is 107 Å². The van der Waals surface area contributed by atoms with E-state index in [1.165, 1.54) is 36.7 Å². The van der Waals surface area contributed by atoms with Crippen molar-refractivity contribution in [2.45, 2.75) is 0 Å². The predicted octanol–water partition coefficient (Wildman–Crippen LogP) is 3.18. The van der Waals surface area contributed by atoms with Gasteiger partial charge in [-0.3, -0.25) is 10.1 Å². The third-order valence-corrected chi connectivity index (χ3v) is 3.38. The monoisotopic (exact) mass is 351 g/mol. The van der Waals surface area contributed by atoms with Crippen LogP contribution in [0.2, 0.25) is 0 Å². The minimum Gasteiger partial charge on any atom is -0.459 e. The molecule has 4 aromatic rings. The molecule has 3 aromatic heterocycles. The molecule has 0 radical (unpaired) electrons. The van der Waals surface area contributed by atoms with Crippen LogP contribution in [0.3, 0.4) is 0 Å². The quantitative estimate of drug-likeness (QED) is 0.601. The predicted molar refractivity (Wildman–Crippen MR) is 87.4 cm³/mol. The van der Waals surface area contributed by atoms with Crippen molar-refractivity contribution in [3.63, 3.8) is 0 Å². The number of hydrogen-bond acceptors (Lipinski definition) is 7. The van der Waals surface area contributed by atoms with E-state index in [9.17, 15) is 9.18 Å². The van der Waals surface area contributed by atoms with Crippen molar-refractivity contribution in [3.05, 3.63) is 66.3 Å². The number of anilines is 1. The van der Waals surface area contributed by atoms with Crippen LogP contribution in [0.25, 0.3) is 23.2 Å². The SMILES string of the molecule is O=C(Nc1nccc(-c2nnc(-c3ccco3)o2)n1)c1ccccc1F. The average molecular weight is 351 g/mol. The number of carbonyl (C=O) groups is 1. The molecule has 1 aromatic carbocycles. The Morgan fingerprint density at radius 2 is 1.88 bits per heavy atom. The molecule has 0 aliphatic heterocycles. The van der Waals surface area contributed by atoms with E-state index in [0.29, 0.717) is 11.5 Å². The summed E-state index contributed by atoms with van der Waals surface area (Å²) in [5, 5.41) is 10.2. The van der Waals surface area contributed by atoms with Crippen LogP contribution in [-0.4, -0.2) is 26.1 Å². The molecule has 0 unspecified atom stereocenters. The summed E-state index contributed by atoms with van der Waals surface area (Å²) in [4.78, 5) is 20.2. The number of nitrogens with one attached hydrogen (secondary N) is 1. The van der Waals surface area contributed by atoms with Gasteiger partial charge in [-0.05, 0) is 30.3 Å². The fourth-order valence-electron chi connectivity index (χ4n) is 2.18. The number of hydrogen-bond donors (Lipinski definition) is 1. The summed E-state index contributed by atoms with van der Waals surface area (Å²) in [6.45, 7) is 0. The van der Waals surface area contributed by atoms with Crippen molar-refractivity contribution >= 4 is 11.9 Å². The molecule has 3 heterocycles. The van der Waals surface area contributed by atoms with Crippen LogP contribution in [0.4, 0.5) is 10.3 Å². The summed E-state index contributed by atoms with van der Waals surface area (Å²) >= 11 is 0. The normalized spacial score (nSPS) is 10.7. The molecule has 0 aliphatic carbocycles. The maximum Gasteiger partial charge on any atom is 0.283 e. The summed E-state index contributed by atoms with van der Waals surface area (Å²) in [7, 11) is 0. The fraction of sp³-hybridized carbons (Fsp3) is 0. The minimum absolute atomic E-state index is 0.0199. The van der Waals surface area contributed by atoms with Crippen molar-refractivity contribution in [3.8, 4) is 23.2 Å². The van der Waals surface area contributed by atoms with Gasteiger partial charge in [-0.25, -0.2) is 14.4 Å². The molecule has 1 N–H and O–H groups in total. The highest BCUT2D eigenvalue weighted by atomic mass is 19.1. The van der Waals surface area contributed by atoms with E-state index in [4.69, 9.17) is 8.83 Å². The van der Waals surface area contributed by atoms with Gasteiger partial charge in [0.1, 0.15) is 11.5 Å². The number of amides is 1. The maximum absolute atomic E-state index is 13.7. The number of nitrogens with zero attached hydrogens (tertiary/aromatic N) is 4. The van der Waals surface area contributed by atoms with Crippen LogP contribution in [0, 0.1) is 5.82 Å². The zero-order valence-corrected chi connectivity index (χ0v) is 13.1. The molecule has 9 heteroatoms. The van der Waals surface area contributed by atoms with Gasteiger partial charge in [0.25, 0.3) is 17.7 Å². The van der Waals surface area contributed by atoms with E-state index in [2.05, 4.69) is 25.5 Å². The first-order valence-electron chi connectivity index (χ1n) is 7.47. The molecule has 8 nitrogen and oxygen atoms in total. The Morgan fingerprint density at radius 3 is 2.69 bits per heavy atom. The van der Waals surface area contributed by atoms with Crippen LogP contribution >= 0.6 is 0 Å². The molecule has 0 bridgehead atoms. The molecule has 128 valence electrons. The van der Waals surface area contributed by atoms with Gasteiger partial charge in [-0.2, -0.15) is 0 Å². The van der Waals surface area contributed by atoms with Gasteiger partial charge in [0.2, 0.25) is 5.95 Å². The molecule has 0 fully saturated rings. The lowest BCUT2D eigenvalue weighted by Crippen LogP contribution is -2.15. The highest BCUT2D eigenvalue weighted by Gasteiger charge is 2.16.